The number of piperidine rings is 1. The zero-order valence-corrected chi connectivity index (χ0v) is 16.9. The third kappa shape index (κ3) is 3.43. The van der Waals surface area contributed by atoms with Gasteiger partial charge < -0.3 is 4.90 Å². The van der Waals surface area contributed by atoms with Gasteiger partial charge in [0.25, 0.3) is 0 Å². The first-order valence-corrected chi connectivity index (χ1v) is 10.1. The minimum absolute atomic E-state index is 0.593. The van der Waals surface area contributed by atoms with Crippen LogP contribution in [0.1, 0.15) is 42.7 Å². The molecule has 1 atom stereocenters. The fourth-order valence-corrected chi connectivity index (χ4v) is 4.53. The number of hydrogen-bond acceptors (Lipinski definition) is 4. The van der Waals surface area contributed by atoms with E-state index in [4.69, 9.17) is 4.98 Å². The molecule has 0 amide bonds. The van der Waals surface area contributed by atoms with Gasteiger partial charge in [-0.15, -0.1) is 0 Å². The summed E-state index contributed by atoms with van der Waals surface area (Å²) in [6.07, 6.45) is 3.48. The Kier molecular flexibility index (Phi) is 4.85. The molecular formula is C22H29N5. The number of aryl methyl sites for hydroxylation is 3. The Morgan fingerprint density at radius 1 is 1.11 bits per heavy atom. The van der Waals surface area contributed by atoms with E-state index in [2.05, 4.69) is 64.7 Å². The molecule has 1 fully saturated rings. The first kappa shape index (κ1) is 18.0. The van der Waals surface area contributed by atoms with Crippen LogP contribution >= 0.6 is 0 Å². The second-order valence-corrected chi connectivity index (χ2v) is 7.74. The quantitative estimate of drug-likeness (QED) is 0.696. The van der Waals surface area contributed by atoms with Crippen molar-refractivity contribution in [1.82, 2.24) is 19.7 Å². The number of rotatable bonds is 4. The number of para-hydroxylation sites is 1. The van der Waals surface area contributed by atoms with Gasteiger partial charge in [0.05, 0.1) is 11.2 Å². The highest BCUT2D eigenvalue weighted by molar-refractivity contribution is 5.94. The van der Waals surface area contributed by atoms with E-state index < -0.39 is 0 Å². The second kappa shape index (κ2) is 7.29. The molecule has 5 nitrogen and oxygen atoms in total. The van der Waals surface area contributed by atoms with E-state index in [0.717, 1.165) is 48.9 Å². The van der Waals surface area contributed by atoms with Crippen LogP contribution in [0.15, 0.2) is 24.3 Å². The van der Waals surface area contributed by atoms with Gasteiger partial charge in [0.1, 0.15) is 11.6 Å². The zero-order valence-electron chi connectivity index (χ0n) is 16.9. The first-order chi connectivity index (χ1) is 13.1. The van der Waals surface area contributed by atoms with Gasteiger partial charge in [-0.1, -0.05) is 25.1 Å². The van der Waals surface area contributed by atoms with E-state index in [1.54, 1.807) is 0 Å². The molecular weight excluding hydrogens is 334 g/mol. The van der Waals surface area contributed by atoms with Crippen molar-refractivity contribution in [2.45, 2.75) is 53.5 Å². The van der Waals surface area contributed by atoms with Crippen molar-refractivity contribution in [3.8, 4) is 0 Å². The highest BCUT2D eigenvalue weighted by atomic mass is 15.3. The number of benzene rings is 1. The summed E-state index contributed by atoms with van der Waals surface area (Å²) in [5.41, 5.74) is 5.06. The lowest BCUT2D eigenvalue weighted by Gasteiger charge is -2.36. The van der Waals surface area contributed by atoms with E-state index in [1.165, 1.54) is 29.5 Å². The summed E-state index contributed by atoms with van der Waals surface area (Å²) in [4.78, 5) is 11.9. The van der Waals surface area contributed by atoms with Gasteiger partial charge in [-0.05, 0) is 57.6 Å². The van der Waals surface area contributed by atoms with Crippen molar-refractivity contribution in [3.05, 3.63) is 47.2 Å². The van der Waals surface area contributed by atoms with Gasteiger partial charge in [-0.3, -0.25) is 4.98 Å². The fourth-order valence-electron chi connectivity index (χ4n) is 4.53. The molecule has 0 saturated carbocycles. The molecule has 1 saturated heterocycles. The summed E-state index contributed by atoms with van der Waals surface area (Å²) in [5.74, 6) is 2.48. The fraction of sp³-hybridized carbons (Fsp3) is 0.500. The molecule has 5 heteroatoms. The van der Waals surface area contributed by atoms with E-state index >= 15 is 0 Å². The zero-order chi connectivity index (χ0) is 19.0. The first-order valence-electron chi connectivity index (χ1n) is 10.1. The maximum absolute atomic E-state index is 4.85. The van der Waals surface area contributed by atoms with Crippen LogP contribution in [0.2, 0.25) is 0 Å². The van der Waals surface area contributed by atoms with Crippen molar-refractivity contribution in [1.29, 1.82) is 0 Å². The lowest BCUT2D eigenvalue weighted by atomic mass is 9.95. The van der Waals surface area contributed by atoms with Gasteiger partial charge in [0, 0.05) is 30.7 Å². The standard InChI is InChI=1S/C22H29N5/c1-5-19-15(2)23-21-11-7-6-10-20(21)22(19)26-12-8-9-18(13-26)14-27-17(4)24-16(3)25-27/h6-7,10-11,18H,5,8-9,12-14H2,1-4H3. The number of aromatic nitrogens is 4. The Balaban J connectivity index is 1.68. The van der Waals surface area contributed by atoms with Crippen LogP contribution in [0.25, 0.3) is 10.9 Å². The molecule has 1 aromatic carbocycles. The number of fused-ring (bicyclic) bond motifs is 1. The Morgan fingerprint density at radius 2 is 1.93 bits per heavy atom. The molecule has 0 radical (unpaired) electrons. The van der Waals surface area contributed by atoms with E-state index in [0.29, 0.717) is 5.92 Å². The number of nitrogens with zero attached hydrogens (tertiary/aromatic N) is 5. The molecule has 3 heterocycles. The highest BCUT2D eigenvalue weighted by Crippen LogP contribution is 2.35. The minimum Gasteiger partial charge on any atom is -0.370 e. The SMILES string of the molecule is CCc1c(C)nc2ccccc2c1N1CCCC(Cn2nc(C)nc2C)C1. The summed E-state index contributed by atoms with van der Waals surface area (Å²) in [6.45, 7) is 11.5. The number of anilines is 1. The van der Waals surface area contributed by atoms with Gasteiger partial charge in [-0.25, -0.2) is 9.67 Å². The monoisotopic (exact) mass is 363 g/mol. The van der Waals surface area contributed by atoms with Crippen LogP contribution in [0, 0.1) is 26.7 Å². The van der Waals surface area contributed by atoms with E-state index in [-0.39, 0.29) is 0 Å². The number of pyridine rings is 1. The Morgan fingerprint density at radius 3 is 2.67 bits per heavy atom. The highest BCUT2D eigenvalue weighted by Gasteiger charge is 2.25. The maximum atomic E-state index is 4.85. The average molecular weight is 364 g/mol. The Hall–Kier alpha value is -2.43. The van der Waals surface area contributed by atoms with Crippen molar-refractivity contribution in [3.63, 3.8) is 0 Å². The maximum Gasteiger partial charge on any atom is 0.147 e. The summed E-state index contributed by atoms with van der Waals surface area (Å²) in [6, 6.07) is 8.57. The topological polar surface area (TPSA) is 46.8 Å². The van der Waals surface area contributed by atoms with Crippen molar-refractivity contribution in [2.75, 3.05) is 18.0 Å². The molecule has 1 aliphatic rings. The van der Waals surface area contributed by atoms with Crippen LogP contribution in [0.5, 0.6) is 0 Å². The smallest absolute Gasteiger partial charge is 0.147 e. The predicted octanol–water partition coefficient (Wildman–Crippen LogP) is 4.23. The van der Waals surface area contributed by atoms with Crippen molar-refractivity contribution in [2.24, 2.45) is 5.92 Å². The Bertz CT molecular complexity index is 959. The largest absolute Gasteiger partial charge is 0.370 e. The molecule has 27 heavy (non-hydrogen) atoms. The molecule has 0 spiro atoms. The van der Waals surface area contributed by atoms with Gasteiger partial charge >= 0.3 is 0 Å². The van der Waals surface area contributed by atoms with Crippen LogP contribution in [-0.2, 0) is 13.0 Å². The summed E-state index contributed by atoms with van der Waals surface area (Å²) >= 11 is 0. The predicted molar refractivity (Wildman–Crippen MR) is 110 cm³/mol. The second-order valence-electron chi connectivity index (χ2n) is 7.74. The molecule has 4 rings (SSSR count). The van der Waals surface area contributed by atoms with Crippen molar-refractivity contribution >= 4 is 16.6 Å². The lowest BCUT2D eigenvalue weighted by molar-refractivity contribution is 0.347. The normalized spacial score (nSPS) is 17.6. The third-order valence-corrected chi connectivity index (χ3v) is 5.75. The molecule has 0 bridgehead atoms. The lowest BCUT2D eigenvalue weighted by Crippen LogP contribution is -2.38. The van der Waals surface area contributed by atoms with Crippen molar-refractivity contribution < 1.29 is 0 Å². The Labute approximate surface area is 161 Å². The van der Waals surface area contributed by atoms with Crippen LogP contribution < -0.4 is 4.90 Å². The average Bonchev–Trinajstić information content (AvgIpc) is 2.97. The summed E-state index contributed by atoms with van der Waals surface area (Å²) in [7, 11) is 0. The third-order valence-electron chi connectivity index (χ3n) is 5.75. The van der Waals surface area contributed by atoms with E-state index in [9.17, 15) is 0 Å². The molecule has 1 unspecified atom stereocenters. The molecule has 2 aromatic heterocycles. The van der Waals surface area contributed by atoms with Crippen LogP contribution in [0.3, 0.4) is 0 Å². The molecule has 1 aliphatic heterocycles. The van der Waals surface area contributed by atoms with Gasteiger partial charge in [0.15, 0.2) is 0 Å². The summed E-state index contributed by atoms with van der Waals surface area (Å²) < 4.78 is 2.08. The molecule has 142 valence electrons. The molecule has 3 aromatic rings. The summed E-state index contributed by atoms with van der Waals surface area (Å²) in [5, 5.41) is 5.86. The molecule has 0 aliphatic carbocycles. The van der Waals surface area contributed by atoms with Crippen LogP contribution in [0.4, 0.5) is 5.69 Å². The minimum atomic E-state index is 0.593. The van der Waals surface area contributed by atoms with E-state index in [1.807, 2.05) is 6.92 Å². The van der Waals surface area contributed by atoms with Gasteiger partial charge in [0.2, 0.25) is 0 Å². The number of hydrogen-bond donors (Lipinski definition) is 0. The van der Waals surface area contributed by atoms with Gasteiger partial charge in [-0.2, -0.15) is 5.10 Å². The molecule has 0 N–H and O–H groups in total. The van der Waals surface area contributed by atoms with Crippen LogP contribution in [-0.4, -0.2) is 32.8 Å².